The van der Waals surface area contributed by atoms with Gasteiger partial charge in [-0.1, -0.05) is 52.3 Å². The Hall–Kier alpha value is -2.86. The number of halogens is 1. The smallest absolute Gasteiger partial charge is 0.289 e. The van der Waals surface area contributed by atoms with Gasteiger partial charge in [-0.2, -0.15) is 0 Å². The van der Waals surface area contributed by atoms with Crippen LogP contribution in [0.3, 0.4) is 0 Å². The lowest BCUT2D eigenvalue weighted by atomic mass is 9.89. The van der Waals surface area contributed by atoms with Crippen molar-refractivity contribution >= 4 is 27.6 Å². The second-order valence-electron chi connectivity index (χ2n) is 7.31. The quantitative estimate of drug-likeness (QED) is 0.458. The number of carbonyl (C=O) groups excluding carboxylic acids is 2. The normalized spacial score (nSPS) is 14.5. The number of carbonyl (C=O) groups is 2. The SMILES string of the molecule is O=C(c1ccccc1)C1CCN(C(=O)c2ccc(COc3cccc(Br)c3)o2)CC1. The van der Waals surface area contributed by atoms with E-state index >= 15 is 0 Å². The van der Waals surface area contributed by atoms with Gasteiger partial charge in [-0.3, -0.25) is 9.59 Å². The molecule has 0 atom stereocenters. The zero-order valence-electron chi connectivity index (χ0n) is 16.4. The predicted octanol–water partition coefficient (Wildman–Crippen LogP) is 5.36. The van der Waals surface area contributed by atoms with Crippen LogP contribution in [-0.4, -0.2) is 29.7 Å². The van der Waals surface area contributed by atoms with Gasteiger partial charge in [0, 0.05) is 29.0 Å². The summed E-state index contributed by atoms with van der Waals surface area (Å²) in [6.45, 7) is 1.34. The Morgan fingerprint density at radius 1 is 1.00 bits per heavy atom. The first-order valence-electron chi connectivity index (χ1n) is 9.96. The molecule has 2 aromatic carbocycles. The lowest BCUT2D eigenvalue weighted by Crippen LogP contribution is -2.40. The van der Waals surface area contributed by atoms with Crippen LogP contribution in [-0.2, 0) is 6.61 Å². The van der Waals surface area contributed by atoms with Crippen LogP contribution in [0.1, 0.15) is 39.5 Å². The highest BCUT2D eigenvalue weighted by molar-refractivity contribution is 9.10. The molecule has 0 N–H and O–H groups in total. The average Bonchev–Trinajstić information content (AvgIpc) is 3.27. The van der Waals surface area contributed by atoms with E-state index in [9.17, 15) is 9.59 Å². The van der Waals surface area contributed by atoms with E-state index in [2.05, 4.69) is 15.9 Å². The van der Waals surface area contributed by atoms with Crippen molar-refractivity contribution in [3.05, 3.63) is 88.3 Å². The Bertz CT molecular complexity index is 1020. The van der Waals surface area contributed by atoms with Gasteiger partial charge in [-0.25, -0.2) is 0 Å². The highest BCUT2D eigenvalue weighted by Crippen LogP contribution is 2.24. The van der Waals surface area contributed by atoms with E-state index in [1.165, 1.54) is 0 Å². The second kappa shape index (κ2) is 9.30. The van der Waals surface area contributed by atoms with Gasteiger partial charge in [-0.05, 0) is 43.2 Å². The highest BCUT2D eigenvalue weighted by atomic mass is 79.9. The zero-order valence-corrected chi connectivity index (χ0v) is 18.0. The van der Waals surface area contributed by atoms with Crippen LogP contribution in [0.5, 0.6) is 5.75 Å². The van der Waals surface area contributed by atoms with Gasteiger partial charge in [0.05, 0.1) is 0 Å². The number of ether oxygens (including phenoxy) is 1. The van der Waals surface area contributed by atoms with Crippen molar-refractivity contribution in [2.24, 2.45) is 5.92 Å². The Morgan fingerprint density at radius 2 is 1.77 bits per heavy atom. The Kier molecular flexibility index (Phi) is 6.33. The molecule has 30 heavy (non-hydrogen) atoms. The van der Waals surface area contributed by atoms with Crippen molar-refractivity contribution < 1.29 is 18.7 Å². The molecule has 0 bridgehead atoms. The summed E-state index contributed by atoms with van der Waals surface area (Å²) >= 11 is 3.41. The molecule has 154 valence electrons. The molecule has 1 fully saturated rings. The van der Waals surface area contributed by atoms with E-state index < -0.39 is 0 Å². The minimum Gasteiger partial charge on any atom is -0.486 e. The van der Waals surface area contributed by atoms with Crippen molar-refractivity contribution in [3.63, 3.8) is 0 Å². The number of rotatable bonds is 6. The number of likely N-dealkylation sites (tertiary alicyclic amines) is 1. The molecule has 0 saturated carbocycles. The van der Waals surface area contributed by atoms with Gasteiger partial charge in [-0.15, -0.1) is 0 Å². The zero-order chi connectivity index (χ0) is 20.9. The standard InChI is InChI=1S/C24H22BrNO4/c25-19-7-4-8-20(15-19)29-16-21-9-10-22(30-21)24(28)26-13-11-18(12-14-26)23(27)17-5-2-1-3-6-17/h1-10,15,18H,11-14,16H2. The fourth-order valence-electron chi connectivity index (χ4n) is 3.62. The molecule has 3 aromatic rings. The van der Waals surface area contributed by atoms with Crippen LogP contribution < -0.4 is 4.74 Å². The van der Waals surface area contributed by atoms with Crippen molar-refractivity contribution in [3.8, 4) is 5.75 Å². The summed E-state index contributed by atoms with van der Waals surface area (Å²) in [6, 6.07) is 20.3. The van der Waals surface area contributed by atoms with Gasteiger partial charge in [0.25, 0.3) is 5.91 Å². The topological polar surface area (TPSA) is 59.8 Å². The molecule has 5 nitrogen and oxygen atoms in total. The summed E-state index contributed by atoms with van der Waals surface area (Å²) in [7, 11) is 0. The maximum atomic E-state index is 12.8. The van der Waals surface area contributed by atoms with E-state index in [1.54, 1.807) is 17.0 Å². The summed E-state index contributed by atoms with van der Waals surface area (Å²) in [5.74, 6) is 1.59. The third kappa shape index (κ3) is 4.82. The van der Waals surface area contributed by atoms with Crippen molar-refractivity contribution in [2.45, 2.75) is 19.4 Å². The number of piperidine rings is 1. The van der Waals surface area contributed by atoms with Crippen LogP contribution in [0.4, 0.5) is 0 Å². The number of hydrogen-bond acceptors (Lipinski definition) is 4. The Labute approximate surface area is 183 Å². The minimum atomic E-state index is -0.144. The molecule has 0 radical (unpaired) electrons. The van der Waals surface area contributed by atoms with Crippen molar-refractivity contribution in [1.82, 2.24) is 4.90 Å². The van der Waals surface area contributed by atoms with Gasteiger partial charge in [0.15, 0.2) is 11.5 Å². The Balaban J connectivity index is 1.31. The van der Waals surface area contributed by atoms with E-state index in [0.717, 1.165) is 15.8 Å². The Morgan fingerprint density at radius 3 is 2.50 bits per heavy atom. The lowest BCUT2D eigenvalue weighted by molar-refractivity contribution is 0.0621. The summed E-state index contributed by atoms with van der Waals surface area (Å²) < 4.78 is 12.3. The van der Waals surface area contributed by atoms with Crippen LogP contribution in [0.15, 0.2) is 75.6 Å². The van der Waals surface area contributed by atoms with Crippen molar-refractivity contribution in [1.29, 1.82) is 0 Å². The maximum absolute atomic E-state index is 12.8. The fourth-order valence-corrected chi connectivity index (χ4v) is 4.00. The van der Waals surface area contributed by atoms with Gasteiger partial charge in [0.2, 0.25) is 0 Å². The molecule has 6 heteroatoms. The van der Waals surface area contributed by atoms with Crippen molar-refractivity contribution in [2.75, 3.05) is 13.1 Å². The number of Topliss-reactive ketones (excluding diaryl/α,β-unsaturated/α-hetero) is 1. The number of nitrogens with zero attached hydrogens (tertiary/aromatic N) is 1. The summed E-state index contributed by atoms with van der Waals surface area (Å²) in [4.78, 5) is 27.2. The predicted molar refractivity (Wildman–Crippen MR) is 117 cm³/mol. The van der Waals surface area contributed by atoms with Gasteiger partial charge < -0.3 is 14.1 Å². The molecule has 1 aromatic heterocycles. The highest BCUT2D eigenvalue weighted by Gasteiger charge is 2.29. The molecular formula is C24H22BrNO4. The van der Waals surface area contributed by atoms with E-state index in [-0.39, 0.29) is 24.2 Å². The molecule has 4 rings (SSSR count). The van der Waals surface area contributed by atoms with E-state index in [0.29, 0.717) is 37.5 Å². The number of benzene rings is 2. The summed E-state index contributed by atoms with van der Waals surface area (Å²) in [6.07, 6.45) is 1.33. The van der Waals surface area contributed by atoms with Crippen LogP contribution in [0.2, 0.25) is 0 Å². The summed E-state index contributed by atoms with van der Waals surface area (Å²) in [5, 5.41) is 0. The molecule has 1 aliphatic rings. The van der Waals surface area contributed by atoms with Crippen LogP contribution in [0, 0.1) is 5.92 Å². The number of furan rings is 1. The number of ketones is 1. The third-order valence-electron chi connectivity index (χ3n) is 5.26. The average molecular weight is 468 g/mol. The first kappa shape index (κ1) is 20.4. The molecule has 0 unspecified atom stereocenters. The number of hydrogen-bond donors (Lipinski definition) is 0. The first-order chi connectivity index (χ1) is 14.6. The van der Waals surface area contributed by atoms with Crippen LogP contribution in [0.25, 0.3) is 0 Å². The molecule has 1 aliphatic heterocycles. The molecule has 2 heterocycles. The lowest BCUT2D eigenvalue weighted by Gasteiger charge is -2.30. The number of amides is 1. The second-order valence-corrected chi connectivity index (χ2v) is 8.22. The van der Waals surface area contributed by atoms with E-state index in [1.807, 2.05) is 54.6 Å². The van der Waals surface area contributed by atoms with E-state index in [4.69, 9.17) is 9.15 Å². The maximum Gasteiger partial charge on any atom is 0.289 e. The molecule has 1 amide bonds. The third-order valence-corrected chi connectivity index (χ3v) is 5.75. The molecule has 1 saturated heterocycles. The molecular weight excluding hydrogens is 446 g/mol. The minimum absolute atomic E-state index is 0.0396. The molecule has 0 aliphatic carbocycles. The fraction of sp³-hybridized carbons (Fsp3) is 0.250. The monoisotopic (exact) mass is 467 g/mol. The largest absolute Gasteiger partial charge is 0.486 e. The van der Waals surface area contributed by atoms with Crippen LogP contribution >= 0.6 is 15.9 Å². The molecule has 0 spiro atoms. The summed E-state index contributed by atoms with van der Waals surface area (Å²) in [5.41, 5.74) is 0.739. The van der Waals surface area contributed by atoms with Gasteiger partial charge >= 0.3 is 0 Å². The van der Waals surface area contributed by atoms with Gasteiger partial charge in [0.1, 0.15) is 18.1 Å². The first-order valence-corrected chi connectivity index (χ1v) is 10.7.